The maximum atomic E-state index is 13.1. The number of rotatable bonds is 5. The summed E-state index contributed by atoms with van der Waals surface area (Å²) in [4.78, 5) is 4.35. The van der Waals surface area contributed by atoms with Crippen LogP contribution < -0.4 is 9.46 Å². The fraction of sp³-hybridized carbons (Fsp3) is 0.250. The van der Waals surface area contributed by atoms with Crippen LogP contribution in [0.15, 0.2) is 41.6 Å². The summed E-state index contributed by atoms with van der Waals surface area (Å²) in [6.07, 6.45) is 2.98. The summed E-state index contributed by atoms with van der Waals surface area (Å²) in [7, 11) is -0.677. The molecule has 0 spiro atoms. The van der Waals surface area contributed by atoms with Gasteiger partial charge in [-0.1, -0.05) is 0 Å². The first-order valence-corrected chi connectivity index (χ1v) is 10.7. The van der Waals surface area contributed by atoms with E-state index < -0.39 is 10.0 Å². The fourth-order valence-corrected chi connectivity index (χ4v) is 4.33. The molecule has 30 heavy (non-hydrogen) atoms. The second kappa shape index (κ2) is 7.13. The van der Waals surface area contributed by atoms with Crippen molar-refractivity contribution in [2.75, 3.05) is 11.8 Å². The largest absolute Gasteiger partial charge is 0.494 e. The van der Waals surface area contributed by atoms with Crippen molar-refractivity contribution in [2.45, 2.75) is 25.7 Å². The van der Waals surface area contributed by atoms with Gasteiger partial charge in [0, 0.05) is 24.3 Å². The summed E-state index contributed by atoms with van der Waals surface area (Å²) >= 11 is 0. The number of methoxy groups -OCH3 is 1. The molecule has 0 unspecified atom stereocenters. The van der Waals surface area contributed by atoms with E-state index in [-0.39, 0.29) is 4.90 Å². The average Bonchev–Trinajstić information content (AvgIpc) is 3.23. The fourth-order valence-electron chi connectivity index (χ4n) is 3.31. The number of aromatic nitrogens is 5. The molecule has 0 bridgehead atoms. The van der Waals surface area contributed by atoms with Crippen LogP contribution in [0.3, 0.4) is 0 Å². The molecule has 0 amide bonds. The van der Waals surface area contributed by atoms with E-state index >= 15 is 0 Å². The van der Waals surface area contributed by atoms with Gasteiger partial charge in [0.15, 0.2) is 5.82 Å². The second-order valence-electron chi connectivity index (χ2n) is 7.01. The van der Waals surface area contributed by atoms with E-state index in [0.29, 0.717) is 22.8 Å². The highest BCUT2D eigenvalue weighted by Crippen LogP contribution is 2.34. The van der Waals surface area contributed by atoms with Gasteiger partial charge in [0.2, 0.25) is 0 Å². The highest BCUT2D eigenvalue weighted by molar-refractivity contribution is 7.92. The van der Waals surface area contributed by atoms with Crippen molar-refractivity contribution in [1.82, 2.24) is 24.5 Å². The van der Waals surface area contributed by atoms with E-state index in [1.54, 1.807) is 34.7 Å². The Hall–Kier alpha value is -3.40. The Labute approximate surface area is 174 Å². The predicted molar refractivity (Wildman–Crippen MR) is 114 cm³/mol. The predicted octanol–water partition coefficient (Wildman–Crippen LogP) is 2.89. The Morgan fingerprint density at radius 2 is 1.83 bits per heavy atom. The van der Waals surface area contributed by atoms with Crippen LogP contribution in [-0.2, 0) is 17.1 Å². The molecule has 0 fully saturated rings. The van der Waals surface area contributed by atoms with Gasteiger partial charge in [0.05, 0.1) is 24.5 Å². The van der Waals surface area contributed by atoms with E-state index in [4.69, 9.17) is 4.74 Å². The lowest BCUT2D eigenvalue weighted by atomic mass is 10.2. The molecule has 9 nitrogen and oxygen atoms in total. The zero-order valence-electron chi connectivity index (χ0n) is 17.3. The van der Waals surface area contributed by atoms with Gasteiger partial charge in [-0.2, -0.15) is 10.2 Å². The van der Waals surface area contributed by atoms with Gasteiger partial charge < -0.3 is 4.74 Å². The molecule has 0 aliphatic carbocycles. The highest BCUT2D eigenvalue weighted by Gasteiger charge is 2.21. The third kappa shape index (κ3) is 3.18. The van der Waals surface area contributed by atoms with Crippen LogP contribution in [-0.4, -0.2) is 40.1 Å². The second-order valence-corrected chi connectivity index (χ2v) is 8.70. The van der Waals surface area contributed by atoms with Crippen LogP contribution in [0.1, 0.15) is 17.0 Å². The lowest BCUT2D eigenvalue weighted by Crippen LogP contribution is -2.15. The number of nitrogens with zero attached hydrogens (tertiary/aromatic N) is 5. The maximum absolute atomic E-state index is 13.1. The van der Waals surface area contributed by atoms with Crippen LogP contribution in [0.4, 0.5) is 5.69 Å². The van der Waals surface area contributed by atoms with Crippen LogP contribution in [0.5, 0.6) is 5.75 Å². The van der Waals surface area contributed by atoms with Gasteiger partial charge in [0.25, 0.3) is 10.0 Å². The van der Waals surface area contributed by atoms with Crippen LogP contribution in [0.2, 0.25) is 0 Å². The Bertz CT molecular complexity index is 1350. The Morgan fingerprint density at radius 3 is 2.43 bits per heavy atom. The minimum Gasteiger partial charge on any atom is -0.494 e. The Balaban J connectivity index is 1.72. The molecule has 0 radical (unpaired) electrons. The molecule has 0 saturated heterocycles. The molecule has 1 N–H and O–H groups in total. The number of fused-ring (bicyclic) bond motifs is 1. The van der Waals surface area contributed by atoms with Crippen LogP contribution in [0, 0.1) is 20.8 Å². The van der Waals surface area contributed by atoms with E-state index in [1.807, 2.05) is 26.8 Å². The Kier molecular flexibility index (Phi) is 4.73. The average molecular weight is 427 g/mol. The van der Waals surface area contributed by atoms with Gasteiger partial charge in [-0.15, -0.1) is 0 Å². The first-order valence-electron chi connectivity index (χ1n) is 9.23. The molecule has 0 aliphatic rings. The lowest BCUT2D eigenvalue weighted by Gasteiger charge is -2.14. The number of sulfonamides is 1. The third-order valence-electron chi connectivity index (χ3n) is 5.22. The minimum absolute atomic E-state index is 0.0331. The van der Waals surface area contributed by atoms with Crippen molar-refractivity contribution in [3.8, 4) is 11.6 Å². The first kappa shape index (κ1) is 19.9. The quantitative estimate of drug-likeness (QED) is 0.526. The van der Waals surface area contributed by atoms with E-state index in [0.717, 1.165) is 22.3 Å². The van der Waals surface area contributed by atoms with Crippen molar-refractivity contribution >= 4 is 26.6 Å². The van der Waals surface area contributed by atoms with Crippen molar-refractivity contribution < 1.29 is 13.2 Å². The Morgan fingerprint density at radius 1 is 1.07 bits per heavy atom. The summed E-state index contributed by atoms with van der Waals surface area (Å²) in [5.74, 6) is 0.950. The number of hydrogen-bond donors (Lipinski definition) is 1. The van der Waals surface area contributed by atoms with E-state index in [1.165, 1.54) is 19.4 Å². The molecular formula is C20H22N6O3S. The molecule has 3 heterocycles. The van der Waals surface area contributed by atoms with Crippen molar-refractivity contribution in [1.29, 1.82) is 0 Å². The number of aryl methyl sites for hydroxylation is 2. The SMILES string of the molecule is COc1ccc2cnn(C)c2c1NS(=O)(=O)c1ccc(-n2nc(C)c(C)c2C)nc1. The number of ether oxygens (including phenoxy) is 1. The van der Waals surface area contributed by atoms with Crippen LogP contribution >= 0.6 is 0 Å². The zero-order chi connectivity index (χ0) is 21.6. The topological polar surface area (TPSA) is 104 Å². The molecule has 4 aromatic rings. The number of anilines is 1. The normalized spacial score (nSPS) is 11.8. The minimum atomic E-state index is -3.91. The first-order chi connectivity index (χ1) is 14.2. The molecule has 0 saturated carbocycles. The standard InChI is InChI=1S/C20H22N6O3S/c1-12-13(2)23-26(14(12)3)18-9-7-16(11-21-18)30(27,28)24-19-17(29-5)8-6-15-10-22-25(4)20(15)19/h6-11,24H,1-5H3. The van der Waals surface area contributed by atoms with Crippen molar-refractivity contribution in [3.63, 3.8) is 0 Å². The zero-order valence-corrected chi connectivity index (χ0v) is 18.1. The summed E-state index contributed by atoms with van der Waals surface area (Å²) in [6, 6.07) is 6.67. The molecule has 156 valence electrons. The molecule has 3 aromatic heterocycles. The number of benzene rings is 1. The molecule has 0 aliphatic heterocycles. The summed E-state index contributed by atoms with van der Waals surface area (Å²) in [5.41, 5.74) is 3.89. The summed E-state index contributed by atoms with van der Waals surface area (Å²) in [6.45, 7) is 5.86. The van der Waals surface area contributed by atoms with Gasteiger partial charge in [-0.3, -0.25) is 9.40 Å². The van der Waals surface area contributed by atoms with Gasteiger partial charge in [0.1, 0.15) is 16.3 Å². The van der Waals surface area contributed by atoms with Gasteiger partial charge in [-0.25, -0.2) is 18.1 Å². The van der Waals surface area contributed by atoms with Crippen molar-refractivity contribution in [3.05, 3.63) is 53.6 Å². The maximum Gasteiger partial charge on any atom is 0.263 e. The van der Waals surface area contributed by atoms with E-state index in [2.05, 4.69) is 19.9 Å². The number of nitrogens with one attached hydrogen (secondary N) is 1. The number of pyridine rings is 1. The molecule has 0 atom stereocenters. The number of hydrogen-bond acceptors (Lipinski definition) is 6. The van der Waals surface area contributed by atoms with Crippen molar-refractivity contribution in [2.24, 2.45) is 7.05 Å². The van der Waals surface area contributed by atoms with E-state index in [9.17, 15) is 8.42 Å². The molecule has 1 aromatic carbocycles. The summed E-state index contributed by atoms with van der Waals surface area (Å²) < 4.78 is 37.4. The molecule has 10 heteroatoms. The highest BCUT2D eigenvalue weighted by atomic mass is 32.2. The third-order valence-corrected chi connectivity index (χ3v) is 6.56. The molecular weight excluding hydrogens is 404 g/mol. The lowest BCUT2D eigenvalue weighted by molar-refractivity contribution is 0.417. The molecule has 4 rings (SSSR count). The summed E-state index contributed by atoms with van der Waals surface area (Å²) in [5, 5.41) is 9.46. The van der Waals surface area contributed by atoms with Gasteiger partial charge >= 0.3 is 0 Å². The monoisotopic (exact) mass is 426 g/mol. The van der Waals surface area contributed by atoms with Gasteiger partial charge in [-0.05, 0) is 50.6 Å². The van der Waals surface area contributed by atoms with Crippen LogP contribution in [0.25, 0.3) is 16.7 Å². The smallest absolute Gasteiger partial charge is 0.263 e.